The SMILES string of the molecule is CCCCCCCCCCCCOCCCCCCCCCCCC.CCO.O=S(=O)(O)O. The molecule has 7 heteroatoms. The maximum atomic E-state index is 8.74. The minimum Gasteiger partial charge on any atom is -0.397 e. The van der Waals surface area contributed by atoms with Crippen molar-refractivity contribution in [2.24, 2.45) is 0 Å². The van der Waals surface area contributed by atoms with Crippen LogP contribution in [0.1, 0.15) is 149 Å². The van der Waals surface area contributed by atoms with E-state index in [1.165, 1.54) is 128 Å². The molecule has 0 rings (SSSR count). The molecule has 3 N–H and O–H groups in total. The van der Waals surface area contributed by atoms with Crippen molar-refractivity contribution in [2.45, 2.75) is 149 Å². The molecule has 0 aliphatic carbocycles. The summed E-state index contributed by atoms with van der Waals surface area (Å²) in [5, 5.41) is 7.57. The fraction of sp³-hybridized carbons (Fsp3) is 1.00. The van der Waals surface area contributed by atoms with E-state index in [1.807, 2.05) is 0 Å². The van der Waals surface area contributed by atoms with Crippen LogP contribution in [0.5, 0.6) is 0 Å². The van der Waals surface area contributed by atoms with Crippen molar-refractivity contribution in [2.75, 3.05) is 19.8 Å². The molecule has 0 heterocycles. The molecular formula is C26H58O6S. The largest absolute Gasteiger partial charge is 0.397 e. The molecular weight excluding hydrogens is 440 g/mol. The van der Waals surface area contributed by atoms with Gasteiger partial charge in [0.2, 0.25) is 0 Å². The van der Waals surface area contributed by atoms with Gasteiger partial charge in [0.15, 0.2) is 0 Å². The smallest absolute Gasteiger partial charge is 0.394 e. The van der Waals surface area contributed by atoms with Crippen LogP contribution in [0.4, 0.5) is 0 Å². The van der Waals surface area contributed by atoms with E-state index in [2.05, 4.69) is 13.8 Å². The summed E-state index contributed by atoms with van der Waals surface area (Å²) >= 11 is 0. The summed E-state index contributed by atoms with van der Waals surface area (Å²) in [4.78, 5) is 0. The van der Waals surface area contributed by atoms with Gasteiger partial charge in [-0.2, -0.15) is 8.42 Å². The molecule has 204 valence electrons. The van der Waals surface area contributed by atoms with E-state index in [4.69, 9.17) is 27.4 Å². The molecule has 0 radical (unpaired) electrons. The highest BCUT2D eigenvalue weighted by molar-refractivity contribution is 7.79. The minimum atomic E-state index is -4.67. The lowest BCUT2D eigenvalue weighted by molar-refractivity contribution is 0.125. The first-order valence-corrected chi connectivity index (χ1v) is 15.1. The highest BCUT2D eigenvalue weighted by Gasteiger charge is 1.95. The first-order chi connectivity index (χ1) is 15.8. The Kier molecular flexibility index (Phi) is 38.4. The molecule has 0 spiro atoms. The molecule has 0 saturated heterocycles. The number of aliphatic hydroxyl groups excluding tert-OH is 1. The fourth-order valence-electron chi connectivity index (χ4n) is 3.49. The monoisotopic (exact) mass is 498 g/mol. The van der Waals surface area contributed by atoms with Crippen LogP contribution < -0.4 is 0 Å². The van der Waals surface area contributed by atoms with Gasteiger partial charge in [0.05, 0.1) is 0 Å². The van der Waals surface area contributed by atoms with Crippen molar-refractivity contribution in [3.05, 3.63) is 0 Å². The summed E-state index contributed by atoms with van der Waals surface area (Å²) in [5.74, 6) is 0. The Morgan fingerprint density at radius 3 is 0.879 bits per heavy atom. The molecule has 33 heavy (non-hydrogen) atoms. The second-order valence-corrected chi connectivity index (χ2v) is 9.64. The number of unbranched alkanes of at least 4 members (excludes halogenated alkanes) is 18. The standard InChI is InChI=1S/C24H50O.C2H6O.H2O4S/c1-3-5-7-9-11-13-15-17-19-21-23-25-24-22-20-18-16-14-12-10-8-6-4-2;1-2-3;1-5(2,3)4/h3-24H2,1-2H3;3H,2H2,1H3;(H2,1,2,3,4). The summed E-state index contributed by atoms with van der Waals surface area (Å²) in [7, 11) is -4.67. The molecule has 0 aliphatic heterocycles. The summed E-state index contributed by atoms with van der Waals surface area (Å²) in [5.41, 5.74) is 0. The van der Waals surface area contributed by atoms with Gasteiger partial charge in [-0.05, 0) is 19.8 Å². The molecule has 0 fully saturated rings. The predicted molar refractivity (Wildman–Crippen MR) is 141 cm³/mol. The van der Waals surface area contributed by atoms with Gasteiger partial charge in [0.1, 0.15) is 0 Å². The Labute approximate surface area is 206 Å². The van der Waals surface area contributed by atoms with E-state index in [0.717, 1.165) is 13.2 Å². The second-order valence-electron chi connectivity index (χ2n) is 8.74. The van der Waals surface area contributed by atoms with Crippen LogP contribution in [0.25, 0.3) is 0 Å². The van der Waals surface area contributed by atoms with Crippen molar-refractivity contribution in [3.63, 3.8) is 0 Å². The maximum absolute atomic E-state index is 8.74. The van der Waals surface area contributed by atoms with Gasteiger partial charge in [-0.15, -0.1) is 0 Å². The highest BCUT2D eigenvalue weighted by atomic mass is 32.3. The van der Waals surface area contributed by atoms with Gasteiger partial charge >= 0.3 is 10.4 Å². The Bertz CT molecular complexity index is 385. The van der Waals surface area contributed by atoms with Gasteiger partial charge in [-0.1, -0.05) is 129 Å². The quantitative estimate of drug-likeness (QED) is 0.103. The number of rotatable bonds is 22. The molecule has 0 unspecified atom stereocenters. The molecule has 0 aromatic rings. The zero-order chi connectivity index (χ0) is 25.5. The molecule has 6 nitrogen and oxygen atoms in total. The normalized spacial score (nSPS) is 10.8. The van der Waals surface area contributed by atoms with E-state index < -0.39 is 10.4 Å². The zero-order valence-electron chi connectivity index (χ0n) is 22.2. The summed E-state index contributed by atoms with van der Waals surface area (Å²) in [6.07, 6.45) is 28.2. The van der Waals surface area contributed by atoms with Gasteiger partial charge in [0.25, 0.3) is 0 Å². The third-order valence-electron chi connectivity index (χ3n) is 5.28. The zero-order valence-corrected chi connectivity index (χ0v) is 23.1. The van der Waals surface area contributed by atoms with E-state index in [9.17, 15) is 0 Å². The fourth-order valence-corrected chi connectivity index (χ4v) is 3.49. The topological polar surface area (TPSA) is 104 Å². The van der Waals surface area contributed by atoms with Crippen molar-refractivity contribution in [3.8, 4) is 0 Å². The summed E-state index contributed by atoms with van der Waals surface area (Å²) in [6, 6.07) is 0. The second kappa shape index (κ2) is 34.0. The van der Waals surface area contributed by atoms with Gasteiger partial charge < -0.3 is 9.84 Å². The van der Waals surface area contributed by atoms with Crippen LogP contribution in [0.15, 0.2) is 0 Å². The Balaban J connectivity index is -0.000000963. The van der Waals surface area contributed by atoms with Crippen LogP contribution >= 0.6 is 0 Å². The lowest BCUT2D eigenvalue weighted by Gasteiger charge is -2.05. The molecule has 0 amide bonds. The van der Waals surface area contributed by atoms with Crippen molar-refractivity contribution in [1.29, 1.82) is 0 Å². The number of ether oxygens (including phenoxy) is 1. The van der Waals surface area contributed by atoms with Gasteiger partial charge in [-0.3, -0.25) is 9.11 Å². The first kappa shape index (κ1) is 37.3. The summed E-state index contributed by atoms with van der Waals surface area (Å²) < 4.78 is 37.4. The third-order valence-corrected chi connectivity index (χ3v) is 5.28. The van der Waals surface area contributed by atoms with Crippen LogP contribution in [-0.4, -0.2) is 42.5 Å². The minimum absolute atomic E-state index is 0.250. The van der Waals surface area contributed by atoms with E-state index in [1.54, 1.807) is 6.92 Å². The molecule has 0 atom stereocenters. The van der Waals surface area contributed by atoms with E-state index >= 15 is 0 Å². The number of aliphatic hydroxyl groups is 1. The molecule has 0 saturated carbocycles. The lowest BCUT2D eigenvalue weighted by Crippen LogP contribution is -1.97. The maximum Gasteiger partial charge on any atom is 0.394 e. The molecule has 0 aliphatic rings. The predicted octanol–water partition coefficient (Wildman–Crippen LogP) is 8.19. The average molecular weight is 499 g/mol. The Hall–Kier alpha value is -0.210. The first-order valence-electron chi connectivity index (χ1n) is 13.7. The number of hydrogen-bond acceptors (Lipinski definition) is 4. The van der Waals surface area contributed by atoms with E-state index in [-0.39, 0.29) is 6.61 Å². The van der Waals surface area contributed by atoms with E-state index in [0.29, 0.717) is 0 Å². The molecule has 0 aromatic heterocycles. The molecule has 0 bridgehead atoms. The van der Waals surface area contributed by atoms with Crippen LogP contribution in [0.2, 0.25) is 0 Å². The summed E-state index contributed by atoms with van der Waals surface area (Å²) in [6.45, 7) is 8.50. The molecule has 0 aromatic carbocycles. The van der Waals surface area contributed by atoms with Crippen LogP contribution in [0.3, 0.4) is 0 Å². The van der Waals surface area contributed by atoms with Crippen LogP contribution in [0, 0.1) is 0 Å². The van der Waals surface area contributed by atoms with Crippen molar-refractivity contribution < 1.29 is 27.4 Å². The Morgan fingerprint density at radius 1 is 0.485 bits per heavy atom. The Morgan fingerprint density at radius 2 is 0.667 bits per heavy atom. The average Bonchev–Trinajstić information content (AvgIpc) is 2.74. The number of hydrogen-bond donors (Lipinski definition) is 3. The van der Waals surface area contributed by atoms with Crippen molar-refractivity contribution in [1.82, 2.24) is 0 Å². The van der Waals surface area contributed by atoms with Crippen molar-refractivity contribution >= 4 is 10.4 Å². The van der Waals surface area contributed by atoms with Crippen LogP contribution in [-0.2, 0) is 15.1 Å². The highest BCUT2D eigenvalue weighted by Crippen LogP contribution is 2.12. The van der Waals surface area contributed by atoms with Gasteiger partial charge in [-0.25, -0.2) is 0 Å². The lowest BCUT2D eigenvalue weighted by atomic mass is 10.1. The van der Waals surface area contributed by atoms with Gasteiger partial charge in [0, 0.05) is 19.8 Å². The third kappa shape index (κ3) is 59.4.